The highest BCUT2D eigenvalue weighted by atomic mass is 19.4. The molecule has 0 aromatic heterocycles. The third-order valence-electron chi connectivity index (χ3n) is 2.15. The summed E-state index contributed by atoms with van der Waals surface area (Å²) in [4.78, 5) is 0. The first-order valence-electron chi connectivity index (χ1n) is 4.55. The van der Waals surface area contributed by atoms with E-state index >= 15 is 0 Å². The van der Waals surface area contributed by atoms with Crippen molar-refractivity contribution in [3.63, 3.8) is 0 Å². The quantitative estimate of drug-likeness (QED) is 0.689. The third-order valence-corrected chi connectivity index (χ3v) is 2.15. The van der Waals surface area contributed by atoms with Crippen LogP contribution >= 0.6 is 0 Å². The van der Waals surface area contributed by atoms with Gasteiger partial charge in [0.05, 0.1) is 0 Å². The van der Waals surface area contributed by atoms with Gasteiger partial charge in [0.25, 0.3) is 0 Å². The highest BCUT2D eigenvalue weighted by Gasteiger charge is 2.72. The average molecular weight is 288 g/mol. The lowest BCUT2D eigenvalue weighted by atomic mass is 10.1. The molecule has 2 nitrogen and oxygen atoms in total. The summed E-state index contributed by atoms with van der Waals surface area (Å²) in [5, 5.41) is 0. The molecular formula is C8H8F8O2. The van der Waals surface area contributed by atoms with E-state index in [1.165, 1.54) is 0 Å². The first kappa shape index (κ1) is 15.4. The minimum Gasteiger partial charge on any atom is -0.337 e. The summed E-state index contributed by atoms with van der Waals surface area (Å²) in [5.74, 6) is -7.85. The maximum absolute atomic E-state index is 12.9. The van der Waals surface area contributed by atoms with Gasteiger partial charge in [-0.05, 0) is 13.8 Å². The van der Waals surface area contributed by atoms with Crippen LogP contribution in [0.1, 0.15) is 13.8 Å². The van der Waals surface area contributed by atoms with Crippen LogP contribution in [0, 0.1) is 0 Å². The molecule has 0 aromatic carbocycles. The maximum Gasteiger partial charge on any atom is 0.456 e. The van der Waals surface area contributed by atoms with Gasteiger partial charge in [-0.1, -0.05) is 0 Å². The number of hydrogen-bond donors (Lipinski definition) is 0. The fraction of sp³-hybridized carbons (Fsp3) is 1.00. The fourth-order valence-corrected chi connectivity index (χ4v) is 1.43. The molecule has 108 valence electrons. The summed E-state index contributed by atoms with van der Waals surface area (Å²) in [6, 6.07) is 0. The van der Waals surface area contributed by atoms with E-state index in [1.54, 1.807) is 0 Å². The van der Waals surface area contributed by atoms with Gasteiger partial charge >= 0.3 is 18.3 Å². The highest BCUT2D eigenvalue weighted by Crippen LogP contribution is 2.49. The van der Waals surface area contributed by atoms with E-state index in [2.05, 4.69) is 9.47 Å². The molecule has 1 aliphatic heterocycles. The zero-order valence-corrected chi connectivity index (χ0v) is 8.99. The molecule has 10 heteroatoms. The Bertz CT molecular complexity index is 318. The Balaban J connectivity index is 3.13. The summed E-state index contributed by atoms with van der Waals surface area (Å²) in [6.07, 6.45) is -18.4. The predicted molar refractivity (Wildman–Crippen MR) is 40.9 cm³/mol. The van der Waals surface area contributed by atoms with Crippen LogP contribution in [-0.4, -0.2) is 36.3 Å². The summed E-state index contributed by atoms with van der Waals surface area (Å²) >= 11 is 0. The summed E-state index contributed by atoms with van der Waals surface area (Å²) in [5.41, 5.74) is 0. The molecule has 1 heterocycles. The van der Waals surface area contributed by atoms with Crippen LogP contribution in [0.3, 0.4) is 0 Å². The van der Waals surface area contributed by atoms with Gasteiger partial charge in [-0.25, -0.2) is 0 Å². The summed E-state index contributed by atoms with van der Waals surface area (Å²) < 4.78 is 107. The van der Waals surface area contributed by atoms with Crippen molar-refractivity contribution in [1.82, 2.24) is 0 Å². The average Bonchev–Trinajstić information content (AvgIpc) is 2.39. The van der Waals surface area contributed by atoms with Gasteiger partial charge in [0, 0.05) is 0 Å². The molecule has 0 radical (unpaired) electrons. The van der Waals surface area contributed by atoms with Gasteiger partial charge in [-0.3, -0.25) is 0 Å². The Morgan fingerprint density at radius 2 is 1.17 bits per heavy atom. The Hall–Kier alpha value is -0.640. The van der Waals surface area contributed by atoms with E-state index in [9.17, 15) is 35.1 Å². The molecule has 0 aliphatic carbocycles. The van der Waals surface area contributed by atoms with Crippen LogP contribution < -0.4 is 0 Å². The number of hydrogen-bond acceptors (Lipinski definition) is 2. The van der Waals surface area contributed by atoms with Crippen molar-refractivity contribution in [1.29, 1.82) is 0 Å². The van der Waals surface area contributed by atoms with E-state index in [0.29, 0.717) is 0 Å². The van der Waals surface area contributed by atoms with Crippen LogP contribution in [0.25, 0.3) is 0 Å². The lowest BCUT2D eigenvalue weighted by Gasteiger charge is -2.28. The van der Waals surface area contributed by atoms with Gasteiger partial charge < -0.3 is 9.47 Å². The predicted octanol–water partition coefficient (Wildman–Crippen LogP) is 3.27. The monoisotopic (exact) mass is 288 g/mol. The Morgan fingerprint density at radius 1 is 0.778 bits per heavy atom. The molecule has 2 atom stereocenters. The number of rotatable bonds is 1. The molecule has 1 aliphatic rings. The largest absolute Gasteiger partial charge is 0.456 e. The molecular weight excluding hydrogens is 280 g/mol. The zero-order valence-electron chi connectivity index (χ0n) is 8.99. The molecule has 1 fully saturated rings. The summed E-state index contributed by atoms with van der Waals surface area (Å²) in [6.45, 7) is 1.64. The van der Waals surface area contributed by atoms with E-state index in [1.807, 2.05) is 0 Å². The molecule has 0 bridgehead atoms. The molecule has 1 rings (SSSR count). The number of halogens is 8. The standard InChI is InChI=1S/C8H8F8O2/c1-5(2)17-3(4(18-5)7(11,12)13)6(9,10)8(14,15)16/h3-4H,1-2H3. The topological polar surface area (TPSA) is 18.5 Å². The molecule has 18 heavy (non-hydrogen) atoms. The third kappa shape index (κ3) is 2.68. The number of ether oxygens (including phenoxy) is 2. The van der Waals surface area contributed by atoms with Crippen molar-refractivity contribution in [2.45, 2.75) is 50.1 Å². The Morgan fingerprint density at radius 3 is 1.50 bits per heavy atom. The zero-order chi connectivity index (χ0) is 14.6. The van der Waals surface area contributed by atoms with Crippen LogP contribution in [0.15, 0.2) is 0 Å². The van der Waals surface area contributed by atoms with E-state index in [0.717, 1.165) is 13.8 Å². The molecule has 0 aromatic rings. The Kier molecular flexibility index (Phi) is 3.36. The van der Waals surface area contributed by atoms with Crippen molar-refractivity contribution in [3.05, 3.63) is 0 Å². The molecule has 0 spiro atoms. The first-order chi connectivity index (χ1) is 7.68. The summed E-state index contributed by atoms with van der Waals surface area (Å²) in [7, 11) is 0. The van der Waals surface area contributed by atoms with Crippen LogP contribution in [0.4, 0.5) is 35.1 Å². The van der Waals surface area contributed by atoms with Gasteiger partial charge in [-0.2, -0.15) is 35.1 Å². The van der Waals surface area contributed by atoms with Gasteiger partial charge in [0.2, 0.25) is 0 Å². The second-order valence-electron chi connectivity index (χ2n) is 4.14. The molecule has 2 unspecified atom stereocenters. The number of alkyl halides is 8. The lowest BCUT2D eigenvalue weighted by Crippen LogP contribution is -2.55. The van der Waals surface area contributed by atoms with Crippen molar-refractivity contribution < 1.29 is 44.6 Å². The maximum atomic E-state index is 12.9. The lowest BCUT2D eigenvalue weighted by molar-refractivity contribution is -0.329. The van der Waals surface area contributed by atoms with Crippen LogP contribution in [-0.2, 0) is 9.47 Å². The minimum absolute atomic E-state index is 0.818. The van der Waals surface area contributed by atoms with Crippen molar-refractivity contribution >= 4 is 0 Å². The van der Waals surface area contributed by atoms with E-state index in [-0.39, 0.29) is 0 Å². The van der Waals surface area contributed by atoms with E-state index in [4.69, 9.17) is 0 Å². The highest BCUT2D eigenvalue weighted by molar-refractivity contribution is 4.98. The SMILES string of the molecule is CC1(C)OC(C(F)(F)F)C(C(F)(F)C(F)(F)F)O1. The van der Waals surface area contributed by atoms with Gasteiger partial charge in [0.15, 0.2) is 18.0 Å². The van der Waals surface area contributed by atoms with E-state index < -0.39 is 36.3 Å². The minimum atomic E-state index is -6.16. The van der Waals surface area contributed by atoms with Gasteiger partial charge in [-0.15, -0.1) is 0 Å². The smallest absolute Gasteiger partial charge is 0.337 e. The van der Waals surface area contributed by atoms with Crippen molar-refractivity contribution in [2.24, 2.45) is 0 Å². The second-order valence-corrected chi connectivity index (χ2v) is 4.14. The van der Waals surface area contributed by atoms with Gasteiger partial charge in [0.1, 0.15) is 0 Å². The Labute approximate surface area is 95.8 Å². The van der Waals surface area contributed by atoms with Crippen molar-refractivity contribution in [2.75, 3.05) is 0 Å². The molecule has 0 amide bonds. The second kappa shape index (κ2) is 3.92. The molecule has 0 saturated carbocycles. The normalized spacial score (nSPS) is 29.7. The fourth-order valence-electron chi connectivity index (χ4n) is 1.43. The van der Waals surface area contributed by atoms with Crippen LogP contribution in [0.5, 0.6) is 0 Å². The molecule has 0 N–H and O–H groups in total. The van der Waals surface area contributed by atoms with Crippen LogP contribution in [0.2, 0.25) is 0 Å². The first-order valence-corrected chi connectivity index (χ1v) is 4.55. The van der Waals surface area contributed by atoms with Crippen molar-refractivity contribution in [3.8, 4) is 0 Å². The molecule has 1 saturated heterocycles.